The number of para-hydroxylation sites is 1. The maximum absolute atomic E-state index is 11.7. The van der Waals surface area contributed by atoms with Gasteiger partial charge in [0, 0.05) is 18.6 Å². The second-order valence-corrected chi connectivity index (χ2v) is 4.85. The third kappa shape index (κ3) is 3.94. The van der Waals surface area contributed by atoms with Crippen molar-refractivity contribution in [3.8, 4) is 5.75 Å². The molecule has 1 saturated carbocycles. The lowest BCUT2D eigenvalue weighted by atomic mass is 10.1. The number of carbonyl (C=O) groups is 1. The summed E-state index contributed by atoms with van der Waals surface area (Å²) in [5.74, 6) is 0.303. The predicted octanol–water partition coefficient (Wildman–Crippen LogP) is 0.313. The summed E-state index contributed by atoms with van der Waals surface area (Å²) in [6.07, 6.45) is 0.558. The summed E-state index contributed by atoms with van der Waals surface area (Å²) in [7, 11) is 0. The van der Waals surface area contributed by atoms with Crippen molar-refractivity contribution >= 4 is 5.91 Å². The monoisotopic (exact) mass is 265 g/mol. The average molecular weight is 265 g/mol. The molecular weight excluding hydrogens is 246 g/mol. The zero-order valence-corrected chi connectivity index (χ0v) is 10.7. The fourth-order valence-electron chi connectivity index (χ4n) is 2.35. The summed E-state index contributed by atoms with van der Waals surface area (Å²) < 4.78 is 5.33. The lowest BCUT2D eigenvalue weighted by molar-refractivity contribution is -0.123. The molecule has 0 radical (unpaired) electrons. The number of benzene rings is 1. The summed E-state index contributed by atoms with van der Waals surface area (Å²) in [6, 6.07) is 9.04. The zero-order chi connectivity index (χ0) is 13.7. The maximum atomic E-state index is 11.7. The Labute approximate surface area is 112 Å². The maximum Gasteiger partial charge on any atom is 0.258 e. The molecule has 1 amide bonds. The fraction of sp³-hybridized carbons (Fsp3) is 0.500. The Morgan fingerprint density at radius 3 is 2.68 bits per heavy atom. The summed E-state index contributed by atoms with van der Waals surface area (Å²) in [6.45, 7) is -0.0888. The Kier molecular flexibility index (Phi) is 4.76. The SMILES string of the molecule is O=C(COc1ccccc1)N[C@H]1C[C@H](CO)[C@@H](O)C1. The van der Waals surface area contributed by atoms with Crippen molar-refractivity contribution in [1.82, 2.24) is 5.32 Å². The van der Waals surface area contributed by atoms with Crippen molar-refractivity contribution in [2.24, 2.45) is 5.92 Å². The van der Waals surface area contributed by atoms with E-state index in [1.807, 2.05) is 18.2 Å². The van der Waals surface area contributed by atoms with Gasteiger partial charge in [0.2, 0.25) is 0 Å². The number of nitrogens with one attached hydrogen (secondary N) is 1. The van der Waals surface area contributed by atoms with Gasteiger partial charge in [-0.05, 0) is 25.0 Å². The molecule has 5 nitrogen and oxygen atoms in total. The normalized spacial score (nSPS) is 26.1. The molecule has 3 atom stereocenters. The molecule has 1 aliphatic carbocycles. The van der Waals surface area contributed by atoms with Crippen LogP contribution in [0.1, 0.15) is 12.8 Å². The Hall–Kier alpha value is -1.59. The van der Waals surface area contributed by atoms with Gasteiger partial charge >= 0.3 is 0 Å². The molecule has 0 spiro atoms. The van der Waals surface area contributed by atoms with Crippen LogP contribution in [0.5, 0.6) is 5.75 Å². The number of hydrogen-bond donors (Lipinski definition) is 3. The first-order valence-corrected chi connectivity index (χ1v) is 6.45. The highest BCUT2D eigenvalue weighted by atomic mass is 16.5. The van der Waals surface area contributed by atoms with Crippen LogP contribution in [0.4, 0.5) is 0 Å². The number of aliphatic hydroxyl groups is 2. The van der Waals surface area contributed by atoms with Crippen molar-refractivity contribution in [3.05, 3.63) is 30.3 Å². The zero-order valence-electron chi connectivity index (χ0n) is 10.7. The number of amides is 1. The highest BCUT2D eigenvalue weighted by molar-refractivity contribution is 5.77. The number of ether oxygens (including phenoxy) is 1. The van der Waals surface area contributed by atoms with E-state index in [0.717, 1.165) is 0 Å². The van der Waals surface area contributed by atoms with Gasteiger partial charge in [-0.2, -0.15) is 0 Å². The van der Waals surface area contributed by atoms with Crippen molar-refractivity contribution in [1.29, 1.82) is 0 Å². The van der Waals surface area contributed by atoms with Gasteiger partial charge in [0.05, 0.1) is 6.10 Å². The average Bonchev–Trinajstić information content (AvgIpc) is 2.77. The summed E-state index contributed by atoms with van der Waals surface area (Å²) in [5.41, 5.74) is 0. The lowest BCUT2D eigenvalue weighted by Gasteiger charge is -2.13. The first-order valence-electron chi connectivity index (χ1n) is 6.45. The van der Waals surface area contributed by atoms with Gasteiger partial charge in [-0.3, -0.25) is 4.79 Å². The fourth-order valence-corrected chi connectivity index (χ4v) is 2.35. The van der Waals surface area contributed by atoms with Crippen LogP contribution in [0.2, 0.25) is 0 Å². The first kappa shape index (κ1) is 13.8. The Morgan fingerprint density at radius 2 is 2.05 bits per heavy atom. The van der Waals surface area contributed by atoms with E-state index in [1.165, 1.54) is 0 Å². The Morgan fingerprint density at radius 1 is 1.32 bits per heavy atom. The molecule has 0 aliphatic heterocycles. The molecule has 0 saturated heterocycles. The third-order valence-corrected chi connectivity index (χ3v) is 3.37. The van der Waals surface area contributed by atoms with Crippen molar-refractivity contribution < 1.29 is 19.7 Å². The van der Waals surface area contributed by atoms with E-state index >= 15 is 0 Å². The van der Waals surface area contributed by atoms with Crippen molar-refractivity contribution in [2.45, 2.75) is 25.0 Å². The third-order valence-electron chi connectivity index (χ3n) is 3.37. The topological polar surface area (TPSA) is 78.8 Å². The number of carbonyl (C=O) groups excluding carboxylic acids is 1. The second kappa shape index (κ2) is 6.54. The number of rotatable bonds is 5. The number of hydrogen-bond acceptors (Lipinski definition) is 4. The second-order valence-electron chi connectivity index (χ2n) is 4.85. The molecule has 1 fully saturated rings. The van der Waals surface area contributed by atoms with Crippen LogP contribution in [0.25, 0.3) is 0 Å². The molecule has 1 aliphatic rings. The van der Waals surface area contributed by atoms with Crippen LogP contribution in [0, 0.1) is 5.92 Å². The molecular formula is C14H19NO4. The van der Waals surface area contributed by atoms with E-state index in [9.17, 15) is 9.90 Å². The van der Waals surface area contributed by atoms with Gasteiger partial charge in [-0.15, -0.1) is 0 Å². The minimum atomic E-state index is -0.537. The van der Waals surface area contributed by atoms with E-state index in [1.54, 1.807) is 12.1 Å². The van der Waals surface area contributed by atoms with Crippen molar-refractivity contribution in [3.63, 3.8) is 0 Å². The van der Waals surface area contributed by atoms with Crippen LogP contribution >= 0.6 is 0 Å². The van der Waals surface area contributed by atoms with Crippen LogP contribution < -0.4 is 10.1 Å². The highest BCUT2D eigenvalue weighted by Gasteiger charge is 2.33. The first-order chi connectivity index (χ1) is 9.19. The summed E-state index contributed by atoms with van der Waals surface area (Å²) in [4.78, 5) is 11.7. The van der Waals surface area contributed by atoms with E-state index in [2.05, 4.69) is 5.32 Å². The smallest absolute Gasteiger partial charge is 0.258 e. The molecule has 0 bridgehead atoms. The minimum absolute atomic E-state index is 0.0413. The number of aliphatic hydroxyl groups excluding tert-OH is 2. The van der Waals surface area contributed by atoms with Gasteiger partial charge < -0.3 is 20.3 Å². The van der Waals surface area contributed by atoms with E-state index < -0.39 is 6.10 Å². The van der Waals surface area contributed by atoms with Gasteiger partial charge in [-0.25, -0.2) is 0 Å². The van der Waals surface area contributed by atoms with Crippen LogP contribution in [0.15, 0.2) is 30.3 Å². The molecule has 1 aromatic rings. The molecule has 1 aromatic carbocycles. The Balaban J connectivity index is 1.73. The van der Waals surface area contributed by atoms with Crippen LogP contribution in [-0.4, -0.2) is 41.5 Å². The quantitative estimate of drug-likeness (QED) is 0.716. The van der Waals surface area contributed by atoms with Gasteiger partial charge in [0.1, 0.15) is 5.75 Å². The molecule has 19 heavy (non-hydrogen) atoms. The van der Waals surface area contributed by atoms with Gasteiger partial charge in [0.15, 0.2) is 6.61 Å². The van der Waals surface area contributed by atoms with Crippen LogP contribution in [0.3, 0.4) is 0 Å². The van der Waals surface area contributed by atoms with Gasteiger partial charge in [-0.1, -0.05) is 18.2 Å². The van der Waals surface area contributed by atoms with Crippen LogP contribution in [-0.2, 0) is 4.79 Å². The molecule has 0 unspecified atom stereocenters. The molecule has 3 N–H and O–H groups in total. The summed E-state index contributed by atoms with van der Waals surface area (Å²) >= 11 is 0. The van der Waals surface area contributed by atoms with E-state index in [4.69, 9.17) is 9.84 Å². The lowest BCUT2D eigenvalue weighted by Crippen LogP contribution is -2.36. The standard InChI is InChI=1S/C14H19NO4/c16-8-10-6-11(7-13(10)17)15-14(18)9-19-12-4-2-1-3-5-12/h1-5,10-11,13,16-17H,6-9H2,(H,15,18)/t10-,11+,13+/m1/s1. The van der Waals surface area contributed by atoms with E-state index in [-0.39, 0.29) is 31.1 Å². The molecule has 104 valence electrons. The molecule has 0 heterocycles. The van der Waals surface area contributed by atoms with Gasteiger partial charge in [0.25, 0.3) is 5.91 Å². The largest absolute Gasteiger partial charge is 0.484 e. The predicted molar refractivity (Wildman–Crippen MR) is 69.7 cm³/mol. The molecule has 2 rings (SSSR count). The minimum Gasteiger partial charge on any atom is -0.484 e. The Bertz CT molecular complexity index is 409. The van der Waals surface area contributed by atoms with Crippen molar-refractivity contribution in [2.75, 3.05) is 13.2 Å². The summed E-state index contributed by atoms with van der Waals surface area (Å²) in [5, 5.41) is 21.5. The highest BCUT2D eigenvalue weighted by Crippen LogP contribution is 2.25. The molecule has 0 aromatic heterocycles. The molecule has 5 heteroatoms. The van der Waals surface area contributed by atoms with E-state index in [0.29, 0.717) is 18.6 Å².